The van der Waals surface area contributed by atoms with Crippen molar-refractivity contribution in [2.24, 2.45) is 5.84 Å². The molecule has 1 amide bonds. The lowest BCUT2D eigenvalue weighted by atomic mass is 10.3. The predicted octanol–water partition coefficient (Wildman–Crippen LogP) is 1.34. The molecule has 1 aromatic carbocycles. The van der Waals surface area contributed by atoms with Gasteiger partial charge in [0.1, 0.15) is 11.5 Å². The maximum Gasteiger partial charge on any atom is 0.573 e. The van der Waals surface area contributed by atoms with Crippen molar-refractivity contribution in [3.63, 3.8) is 0 Å². The van der Waals surface area contributed by atoms with Crippen molar-refractivity contribution in [1.82, 2.24) is 5.43 Å². The fraction of sp³-hybridized carbons (Fsp3) is 0.300. The number of carbonyl (C=O) groups excluding carboxylic acids is 1. The summed E-state index contributed by atoms with van der Waals surface area (Å²) in [4.78, 5) is 11.0. The van der Waals surface area contributed by atoms with Crippen LogP contribution in [0.1, 0.15) is 6.92 Å². The quantitative estimate of drug-likeness (QED) is 0.489. The molecular formula is C10H11F3N2O3. The Kier molecular flexibility index (Phi) is 4.38. The van der Waals surface area contributed by atoms with Crippen LogP contribution in [0.4, 0.5) is 13.2 Å². The molecule has 0 aliphatic rings. The fourth-order valence-corrected chi connectivity index (χ4v) is 1.09. The first kappa shape index (κ1) is 14.1. The number of halogens is 3. The summed E-state index contributed by atoms with van der Waals surface area (Å²) < 4.78 is 44.4. The van der Waals surface area contributed by atoms with E-state index >= 15 is 0 Å². The lowest BCUT2D eigenvalue weighted by molar-refractivity contribution is -0.274. The standard InChI is InChI=1S/C10H11F3N2O3/c1-6(9(16)15-14)17-7-2-4-8(5-3-7)18-10(11,12)13/h2-6H,14H2,1H3,(H,15,16)/t6-/m0/s1. The lowest BCUT2D eigenvalue weighted by Crippen LogP contribution is -2.40. The van der Waals surface area contributed by atoms with Gasteiger partial charge in [0.25, 0.3) is 5.91 Å². The van der Waals surface area contributed by atoms with Crippen LogP contribution in [0.25, 0.3) is 0 Å². The maximum atomic E-state index is 11.9. The number of hydrogen-bond acceptors (Lipinski definition) is 4. The van der Waals surface area contributed by atoms with Gasteiger partial charge in [0.2, 0.25) is 0 Å². The molecule has 100 valence electrons. The summed E-state index contributed by atoms with van der Waals surface area (Å²) in [5.74, 6) is 4.20. The van der Waals surface area contributed by atoms with Gasteiger partial charge in [-0.2, -0.15) is 0 Å². The van der Waals surface area contributed by atoms with E-state index in [-0.39, 0.29) is 11.5 Å². The van der Waals surface area contributed by atoms with E-state index in [0.717, 1.165) is 12.1 Å². The third-order valence-electron chi connectivity index (χ3n) is 1.88. The van der Waals surface area contributed by atoms with Crippen molar-refractivity contribution in [2.45, 2.75) is 19.4 Å². The van der Waals surface area contributed by atoms with Crippen molar-refractivity contribution < 1.29 is 27.4 Å². The molecule has 1 atom stereocenters. The van der Waals surface area contributed by atoms with Crippen molar-refractivity contribution in [3.8, 4) is 11.5 Å². The molecule has 0 aliphatic heterocycles. The number of carbonyl (C=O) groups is 1. The van der Waals surface area contributed by atoms with Crippen LogP contribution in [0.15, 0.2) is 24.3 Å². The Labute approximate surface area is 101 Å². The number of benzene rings is 1. The van der Waals surface area contributed by atoms with Crippen molar-refractivity contribution >= 4 is 5.91 Å². The number of ether oxygens (including phenoxy) is 2. The summed E-state index contributed by atoms with van der Waals surface area (Å²) in [5, 5.41) is 0. The summed E-state index contributed by atoms with van der Waals surface area (Å²) in [7, 11) is 0. The number of hydrazine groups is 1. The Hall–Kier alpha value is -1.96. The highest BCUT2D eigenvalue weighted by atomic mass is 19.4. The van der Waals surface area contributed by atoms with E-state index < -0.39 is 18.4 Å². The summed E-state index contributed by atoms with van der Waals surface area (Å²) in [6.45, 7) is 1.45. The smallest absolute Gasteiger partial charge is 0.481 e. The average molecular weight is 264 g/mol. The third kappa shape index (κ3) is 4.50. The van der Waals surface area contributed by atoms with Crippen LogP contribution in [-0.4, -0.2) is 18.4 Å². The molecule has 3 N–H and O–H groups in total. The van der Waals surface area contributed by atoms with Gasteiger partial charge >= 0.3 is 6.36 Å². The molecule has 0 heterocycles. The molecule has 0 saturated carbocycles. The zero-order valence-corrected chi connectivity index (χ0v) is 9.32. The van der Waals surface area contributed by atoms with Crippen molar-refractivity contribution in [1.29, 1.82) is 0 Å². The van der Waals surface area contributed by atoms with E-state index in [2.05, 4.69) is 4.74 Å². The molecule has 5 nitrogen and oxygen atoms in total. The van der Waals surface area contributed by atoms with E-state index in [0.29, 0.717) is 0 Å². The number of nitrogens with two attached hydrogens (primary N) is 1. The summed E-state index contributed by atoms with van der Waals surface area (Å²) in [5.41, 5.74) is 1.89. The van der Waals surface area contributed by atoms with Crippen molar-refractivity contribution in [2.75, 3.05) is 0 Å². The molecule has 1 rings (SSSR count). The number of nitrogens with one attached hydrogen (secondary N) is 1. The second-order valence-electron chi connectivity index (χ2n) is 3.29. The van der Waals surface area contributed by atoms with Crippen LogP contribution < -0.4 is 20.7 Å². The number of rotatable bonds is 4. The van der Waals surface area contributed by atoms with Gasteiger partial charge in [-0.1, -0.05) is 0 Å². The van der Waals surface area contributed by atoms with Gasteiger partial charge in [-0.05, 0) is 31.2 Å². The highest BCUT2D eigenvalue weighted by Crippen LogP contribution is 2.24. The highest BCUT2D eigenvalue weighted by Gasteiger charge is 2.31. The zero-order valence-electron chi connectivity index (χ0n) is 9.32. The molecule has 0 fully saturated rings. The van der Waals surface area contributed by atoms with Crippen LogP contribution in [0.3, 0.4) is 0 Å². The van der Waals surface area contributed by atoms with E-state index in [9.17, 15) is 18.0 Å². The number of hydrogen-bond donors (Lipinski definition) is 2. The molecule has 8 heteroatoms. The van der Waals surface area contributed by atoms with E-state index in [1.165, 1.54) is 19.1 Å². The molecule has 0 aliphatic carbocycles. The first-order valence-corrected chi connectivity index (χ1v) is 4.85. The number of alkyl halides is 3. The van der Waals surface area contributed by atoms with Crippen LogP contribution in [0.2, 0.25) is 0 Å². The van der Waals surface area contributed by atoms with Crippen LogP contribution in [0, 0.1) is 0 Å². The largest absolute Gasteiger partial charge is 0.573 e. The molecule has 0 spiro atoms. The van der Waals surface area contributed by atoms with Gasteiger partial charge in [0.15, 0.2) is 6.10 Å². The summed E-state index contributed by atoms with van der Waals surface area (Å²) >= 11 is 0. The van der Waals surface area contributed by atoms with Gasteiger partial charge in [-0.25, -0.2) is 5.84 Å². The topological polar surface area (TPSA) is 73.6 Å². The van der Waals surface area contributed by atoms with Crippen LogP contribution in [0.5, 0.6) is 11.5 Å². The number of amides is 1. The Morgan fingerprint density at radius 1 is 1.28 bits per heavy atom. The van der Waals surface area contributed by atoms with Crippen LogP contribution >= 0.6 is 0 Å². The minimum absolute atomic E-state index is 0.223. The Balaban J connectivity index is 2.63. The first-order valence-electron chi connectivity index (χ1n) is 4.85. The third-order valence-corrected chi connectivity index (χ3v) is 1.88. The molecule has 0 radical (unpaired) electrons. The Morgan fingerprint density at radius 2 is 1.78 bits per heavy atom. The van der Waals surface area contributed by atoms with Gasteiger partial charge in [-0.3, -0.25) is 10.2 Å². The first-order chi connectivity index (χ1) is 8.31. The van der Waals surface area contributed by atoms with Gasteiger partial charge < -0.3 is 9.47 Å². The summed E-state index contributed by atoms with van der Waals surface area (Å²) in [6.07, 6.45) is -5.60. The lowest BCUT2D eigenvalue weighted by Gasteiger charge is -2.13. The van der Waals surface area contributed by atoms with Gasteiger partial charge in [-0.15, -0.1) is 13.2 Å². The molecule has 0 saturated heterocycles. The normalized spacial score (nSPS) is 12.7. The average Bonchev–Trinajstić information content (AvgIpc) is 2.28. The van der Waals surface area contributed by atoms with Crippen LogP contribution in [-0.2, 0) is 4.79 Å². The molecule has 0 bridgehead atoms. The van der Waals surface area contributed by atoms with E-state index in [1.807, 2.05) is 5.43 Å². The zero-order chi connectivity index (χ0) is 13.8. The molecule has 1 aromatic rings. The monoisotopic (exact) mass is 264 g/mol. The van der Waals surface area contributed by atoms with Gasteiger partial charge in [0.05, 0.1) is 0 Å². The van der Waals surface area contributed by atoms with E-state index in [4.69, 9.17) is 10.6 Å². The summed E-state index contributed by atoms with van der Waals surface area (Å²) in [6, 6.07) is 4.66. The Bertz CT molecular complexity index is 406. The van der Waals surface area contributed by atoms with E-state index in [1.54, 1.807) is 0 Å². The minimum Gasteiger partial charge on any atom is -0.481 e. The molecule has 18 heavy (non-hydrogen) atoms. The maximum absolute atomic E-state index is 11.9. The highest BCUT2D eigenvalue weighted by molar-refractivity contribution is 5.80. The second-order valence-corrected chi connectivity index (χ2v) is 3.29. The molecule has 0 aromatic heterocycles. The fourth-order valence-electron chi connectivity index (χ4n) is 1.09. The minimum atomic E-state index is -4.74. The molecular weight excluding hydrogens is 253 g/mol. The Morgan fingerprint density at radius 3 is 2.22 bits per heavy atom. The SMILES string of the molecule is C[C@H](Oc1ccc(OC(F)(F)F)cc1)C(=O)NN. The molecule has 0 unspecified atom stereocenters. The van der Waals surface area contributed by atoms with Gasteiger partial charge in [0, 0.05) is 0 Å². The second kappa shape index (κ2) is 5.58. The van der Waals surface area contributed by atoms with Crippen molar-refractivity contribution in [3.05, 3.63) is 24.3 Å². The predicted molar refractivity (Wildman–Crippen MR) is 55.5 cm³/mol.